The van der Waals surface area contributed by atoms with Gasteiger partial charge >= 0.3 is 0 Å². The molecular formula is C19H18BrNO4S. The van der Waals surface area contributed by atoms with Crippen LogP contribution in [0.1, 0.15) is 15.9 Å². The average molecular weight is 436 g/mol. The molecule has 0 aliphatic rings. The van der Waals surface area contributed by atoms with Gasteiger partial charge in [0, 0.05) is 21.5 Å². The van der Waals surface area contributed by atoms with Crippen LogP contribution in [0.5, 0.6) is 5.75 Å². The zero-order valence-corrected chi connectivity index (χ0v) is 16.8. The maximum absolute atomic E-state index is 12.9. The zero-order valence-electron chi connectivity index (χ0n) is 14.4. The number of hydrogen-bond donors (Lipinski definition) is 0. The predicted molar refractivity (Wildman–Crippen MR) is 104 cm³/mol. The molecule has 7 heteroatoms. The van der Waals surface area contributed by atoms with Crippen LogP contribution in [0.2, 0.25) is 0 Å². The largest absolute Gasteiger partial charge is 0.497 e. The van der Waals surface area contributed by atoms with Crippen molar-refractivity contribution in [2.75, 3.05) is 20.2 Å². The molecule has 0 N–H and O–H groups in total. The minimum Gasteiger partial charge on any atom is -0.497 e. The van der Waals surface area contributed by atoms with Crippen molar-refractivity contribution in [2.24, 2.45) is 0 Å². The number of benzene rings is 2. The smallest absolute Gasteiger partial charge is 0.244 e. The highest BCUT2D eigenvalue weighted by Crippen LogP contribution is 2.18. The molecule has 0 fully saturated rings. The van der Waals surface area contributed by atoms with Crippen molar-refractivity contribution < 1.29 is 17.9 Å². The van der Waals surface area contributed by atoms with Crippen molar-refractivity contribution in [3.8, 4) is 16.5 Å². The number of aryl methyl sites for hydroxylation is 1. The molecule has 136 valence electrons. The molecular weight excluding hydrogens is 418 g/mol. The summed E-state index contributed by atoms with van der Waals surface area (Å²) in [5.74, 6) is 2.95. The number of halogens is 1. The Morgan fingerprint density at radius 3 is 2.27 bits per heavy atom. The number of hydrogen-bond acceptors (Lipinski definition) is 4. The van der Waals surface area contributed by atoms with E-state index in [0.717, 1.165) is 9.87 Å². The topological polar surface area (TPSA) is 63.7 Å². The summed E-state index contributed by atoms with van der Waals surface area (Å²) in [6.45, 7) is 1.48. The van der Waals surface area contributed by atoms with Gasteiger partial charge in [0.2, 0.25) is 10.0 Å². The molecule has 2 rings (SSSR count). The summed E-state index contributed by atoms with van der Waals surface area (Å²) in [6, 6.07) is 13.0. The summed E-state index contributed by atoms with van der Waals surface area (Å²) in [4.78, 5) is 15.2. The van der Waals surface area contributed by atoms with Crippen molar-refractivity contribution >= 4 is 31.7 Å². The summed E-state index contributed by atoms with van der Waals surface area (Å²) in [6.07, 6.45) is 0. The number of rotatable bonds is 7. The summed E-state index contributed by atoms with van der Waals surface area (Å²) in [5.41, 5.74) is 1.35. The molecule has 0 aliphatic heterocycles. The number of ether oxygens (including phenoxy) is 1. The summed E-state index contributed by atoms with van der Waals surface area (Å²) in [5, 5.41) is 0. The lowest BCUT2D eigenvalue weighted by molar-refractivity contribution is 0.0970. The van der Waals surface area contributed by atoms with E-state index in [0.29, 0.717) is 11.3 Å². The highest BCUT2D eigenvalue weighted by atomic mass is 79.9. The van der Waals surface area contributed by atoms with Gasteiger partial charge in [0.15, 0.2) is 5.78 Å². The fourth-order valence-corrected chi connectivity index (χ4v) is 3.66. The lowest BCUT2D eigenvalue weighted by Gasteiger charge is -2.19. The van der Waals surface area contributed by atoms with Crippen LogP contribution in [0.4, 0.5) is 0 Å². The molecule has 0 saturated carbocycles. The Balaban J connectivity index is 2.29. The van der Waals surface area contributed by atoms with Crippen LogP contribution < -0.4 is 4.74 Å². The molecule has 0 unspecified atom stereocenters. The fourth-order valence-electron chi connectivity index (χ4n) is 2.23. The third-order valence-electron chi connectivity index (χ3n) is 3.71. The summed E-state index contributed by atoms with van der Waals surface area (Å²) >= 11 is 2.96. The van der Waals surface area contributed by atoms with Crippen LogP contribution in [0.25, 0.3) is 0 Å². The first-order valence-electron chi connectivity index (χ1n) is 7.71. The Morgan fingerprint density at radius 1 is 1.12 bits per heavy atom. The normalized spacial score (nSPS) is 10.9. The third kappa shape index (κ3) is 4.94. The number of Topliss-reactive ketones (excluding diaryl/α,β-unsaturated/α-hetero) is 1. The molecule has 0 spiro atoms. The minimum atomic E-state index is -3.84. The Kier molecular flexibility index (Phi) is 6.98. The number of sulfonamides is 1. The second-order valence-electron chi connectivity index (χ2n) is 5.51. The molecule has 2 aromatic rings. The van der Waals surface area contributed by atoms with Gasteiger partial charge in [0.05, 0.1) is 25.1 Å². The molecule has 5 nitrogen and oxygen atoms in total. The molecule has 0 aromatic heterocycles. The van der Waals surface area contributed by atoms with Gasteiger partial charge in [-0.2, -0.15) is 4.31 Å². The molecule has 0 aliphatic carbocycles. The first-order chi connectivity index (χ1) is 12.4. The van der Waals surface area contributed by atoms with Crippen molar-refractivity contribution in [3.63, 3.8) is 0 Å². The van der Waals surface area contributed by atoms with Gasteiger partial charge in [0.25, 0.3) is 0 Å². The number of carbonyl (C=O) groups is 1. The fraction of sp³-hybridized carbons (Fsp3) is 0.211. The maximum atomic E-state index is 12.9. The molecule has 0 atom stereocenters. The summed E-state index contributed by atoms with van der Waals surface area (Å²) < 4.78 is 31.9. The van der Waals surface area contributed by atoms with E-state index in [-0.39, 0.29) is 23.8 Å². The van der Waals surface area contributed by atoms with E-state index >= 15 is 0 Å². The minimum absolute atomic E-state index is 0.0939. The average Bonchev–Trinajstić information content (AvgIpc) is 2.65. The van der Waals surface area contributed by atoms with Gasteiger partial charge in [-0.05, 0) is 48.2 Å². The van der Waals surface area contributed by atoms with Gasteiger partial charge in [-0.15, -0.1) is 0 Å². The van der Waals surface area contributed by atoms with E-state index in [9.17, 15) is 13.2 Å². The van der Waals surface area contributed by atoms with Gasteiger partial charge in [-0.25, -0.2) is 8.42 Å². The van der Waals surface area contributed by atoms with E-state index in [1.807, 2.05) is 6.92 Å². The van der Waals surface area contributed by atoms with Crippen molar-refractivity contribution in [3.05, 3.63) is 59.7 Å². The molecule has 0 heterocycles. The number of nitrogens with zero attached hydrogens (tertiary/aromatic N) is 1. The van der Waals surface area contributed by atoms with Crippen LogP contribution in [0.3, 0.4) is 0 Å². The number of ketones is 1. The summed E-state index contributed by atoms with van der Waals surface area (Å²) in [7, 11) is -2.31. The van der Waals surface area contributed by atoms with Crippen LogP contribution in [-0.4, -0.2) is 38.7 Å². The first-order valence-corrected chi connectivity index (χ1v) is 9.94. The molecule has 26 heavy (non-hydrogen) atoms. The molecule has 0 bridgehead atoms. The van der Waals surface area contributed by atoms with E-state index in [1.54, 1.807) is 36.4 Å². The van der Waals surface area contributed by atoms with Crippen molar-refractivity contribution in [1.82, 2.24) is 4.31 Å². The third-order valence-corrected chi connectivity index (χ3v) is 5.80. The van der Waals surface area contributed by atoms with Crippen LogP contribution in [0.15, 0.2) is 53.4 Å². The number of carbonyl (C=O) groups excluding carboxylic acids is 1. The lowest BCUT2D eigenvalue weighted by Crippen LogP contribution is -2.36. The second-order valence-corrected chi connectivity index (χ2v) is 7.84. The second kappa shape index (κ2) is 8.99. The molecule has 0 amide bonds. The van der Waals surface area contributed by atoms with Gasteiger partial charge in [-0.1, -0.05) is 23.6 Å². The quantitative estimate of drug-likeness (QED) is 0.494. The van der Waals surface area contributed by atoms with E-state index in [4.69, 9.17) is 4.74 Å². The van der Waals surface area contributed by atoms with Crippen LogP contribution in [0, 0.1) is 17.7 Å². The van der Waals surface area contributed by atoms with Gasteiger partial charge < -0.3 is 4.74 Å². The predicted octanol–water partition coefficient (Wildman–Crippen LogP) is 3.23. The number of methoxy groups -OCH3 is 1. The standard InChI is InChI=1S/C19H18BrNO4S/c1-15-4-10-18(11-5-15)26(23,24)21(13-3-12-20)14-19(22)16-6-8-17(25-2)9-7-16/h4-11H,13-14H2,1-2H3. The van der Waals surface area contributed by atoms with Crippen molar-refractivity contribution in [1.29, 1.82) is 0 Å². The van der Waals surface area contributed by atoms with E-state index in [2.05, 4.69) is 26.7 Å². The Labute approximate surface area is 162 Å². The van der Waals surface area contributed by atoms with Crippen LogP contribution in [-0.2, 0) is 10.0 Å². The van der Waals surface area contributed by atoms with Crippen molar-refractivity contribution in [2.45, 2.75) is 11.8 Å². The zero-order chi connectivity index (χ0) is 19.2. The Morgan fingerprint density at radius 2 is 1.73 bits per heavy atom. The van der Waals surface area contributed by atoms with E-state index < -0.39 is 10.0 Å². The monoisotopic (exact) mass is 435 g/mol. The highest BCUT2D eigenvalue weighted by molar-refractivity contribution is 9.12. The highest BCUT2D eigenvalue weighted by Gasteiger charge is 2.26. The van der Waals surface area contributed by atoms with Crippen LogP contribution >= 0.6 is 15.9 Å². The SMILES string of the molecule is COc1ccc(C(=O)CN(CC#CBr)S(=O)(=O)c2ccc(C)cc2)cc1. The van der Waals surface area contributed by atoms with E-state index in [1.165, 1.54) is 19.2 Å². The Bertz CT molecular complexity index is 926. The first kappa shape index (κ1) is 20.2. The molecule has 0 radical (unpaired) electrons. The molecule has 0 saturated heterocycles. The Hall–Kier alpha value is -2.14. The molecule has 2 aromatic carbocycles. The van der Waals surface area contributed by atoms with Gasteiger partial charge in [0.1, 0.15) is 5.75 Å². The maximum Gasteiger partial charge on any atom is 0.244 e. The van der Waals surface area contributed by atoms with Gasteiger partial charge in [-0.3, -0.25) is 4.79 Å². The lowest BCUT2D eigenvalue weighted by atomic mass is 10.1.